The van der Waals surface area contributed by atoms with Gasteiger partial charge in [0.25, 0.3) is 0 Å². The maximum absolute atomic E-state index is 7.63. The molecule has 3 N–H and O–H groups in total. The van der Waals surface area contributed by atoms with E-state index in [4.69, 9.17) is 22.7 Å². The molecule has 0 aliphatic rings. The molecule has 0 fully saturated rings. The number of nitrogens with two attached hydrogens (primary N) is 1. The van der Waals surface area contributed by atoms with E-state index in [1.54, 1.807) is 22.9 Å². The second kappa shape index (κ2) is 4.37. The number of nitrogens with zero attached hydrogens (tertiary/aromatic N) is 3. The predicted octanol–water partition coefficient (Wildman–Crippen LogP) is 2.36. The minimum atomic E-state index is -0.0359. The number of nitrogens with one attached hydrogen (secondary N) is 1. The van der Waals surface area contributed by atoms with Crippen LogP contribution in [-0.2, 0) is 0 Å². The summed E-state index contributed by atoms with van der Waals surface area (Å²) in [7, 11) is 0. The van der Waals surface area contributed by atoms with Crippen LogP contribution in [0.5, 0.6) is 0 Å². The monoisotopic (exact) mass is 271 g/mol. The zero-order valence-corrected chi connectivity index (χ0v) is 10.6. The smallest absolute Gasteiger partial charge is 0.124 e. The van der Waals surface area contributed by atoms with Gasteiger partial charge in [0.1, 0.15) is 11.4 Å². The average molecular weight is 272 g/mol. The summed E-state index contributed by atoms with van der Waals surface area (Å²) < 4.78 is 1.64. The third-order valence-electron chi connectivity index (χ3n) is 2.83. The third-order valence-corrected chi connectivity index (χ3v) is 3.07. The lowest BCUT2D eigenvalue weighted by molar-refractivity contribution is 0.822. The van der Waals surface area contributed by atoms with Crippen LogP contribution in [0.25, 0.3) is 16.7 Å². The highest BCUT2D eigenvalue weighted by Crippen LogP contribution is 2.22. The van der Waals surface area contributed by atoms with E-state index < -0.39 is 0 Å². The largest absolute Gasteiger partial charge is 0.384 e. The van der Waals surface area contributed by atoms with Crippen molar-refractivity contribution in [1.82, 2.24) is 15.0 Å². The summed E-state index contributed by atoms with van der Waals surface area (Å²) >= 11 is 6.02. The molecule has 1 aromatic heterocycles. The van der Waals surface area contributed by atoms with Gasteiger partial charge in [0.15, 0.2) is 0 Å². The summed E-state index contributed by atoms with van der Waals surface area (Å²) in [5.74, 6) is -0.0359. The van der Waals surface area contributed by atoms with E-state index in [0.29, 0.717) is 16.3 Å². The van der Waals surface area contributed by atoms with Crippen LogP contribution in [-0.4, -0.2) is 20.8 Å². The van der Waals surface area contributed by atoms with Crippen molar-refractivity contribution < 1.29 is 0 Å². The maximum atomic E-state index is 7.63. The number of rotatable bonds is 2. The highest BCUT2D eigenvalue weighted by molar-refractivity contribution is 6.31. The Morgan fingerprint density at radius 2 is 2.00 bits per heavy atom. The van der Waals surface area contributed by atoms with Crippen molar-refractivity contribution in [3.05, 3.63) is 53.1 Å². The summed E-state index contributed by atoms with van der Waals surface area (Å²) in [4.78, 5) is 0. The molecule has 3 rings (SSSR count). The number of aromatic nitrogens is 3. The van der Waals surface area contributed by atoms with Crippen molar-refractivity contribution >= 4 is 28.5 Å². The Bertz CT molecular complexity index is 778. The second-order valence-electron chi connectivity index (χ2n) is 4.07. The SMILES string of the molecule is N=C(N)c1ccc(Cl)cc1-n1nnc2ccccc21. The van der Waals surface area contributed by atoms with Gasteiger partial charge in [0.05, 0.1) is 11.2 Å². The van der Waals surface area contributed by atoms with Gasteiger partial charge < -0.3 is 5.73 Å². The van der Waals surface area contributed by atoms with Crippen LogP contribution < -0.4 is 5.73 Å². The molecule has 94 valence electrons. The molecule has 0 atom stereocenters. The van der Waals surface area contributed by atoms with Gasteiger partial charge in [-0.1, -0.05) is 28.9 Å². The second-order valence-corrected chi connectivity index (χ2v) is 4.50. The fourth-order valence-electron chi connectivity index (χ4n) is 1.95. The number of amidine groups is 1. The van der Waals surface area contributed by atoms with Crippen LogP contribution in [0, 0.1) is 5.41 Å². The zero-order valence-electron chi connectivity index (χ0n) is 9.84. The highest BCUT2D eigenvalue weighted by Gasteiger charge is 2.12. The maximum Gasteiger partial charge on any atom is 0.124 e. The lowest BCUT2D eigenvalue weighted by Crippen LogP contribution is -2.15. The van der Waals surface area contributed by atoms with Crippen molar-refractivity contribution in [1.29, 1.82) is 5.41 Å². The van der Waals surface area contributed by atoms with Gasteiger partial charge in [-0.3, -0.25) is 5.41 Å². The summed E-state index contributed by atoms with van der Waals surface area (Å²) in [5, 5.41) is 16.4. The topological polar surface area (TPSA) is 80.6 Å². The van der Waals surface area contributed by atoms with Crippen molar-refractivity contribution in [3.8, 4) is 5.69 Å². The van der Waals surface area contributed by atoms with E-state index in [9.17, 15) is 0 Å². The molecule has 6 heteroatoms. The average Bonchev–Trinajstić information content (AvgIpc) is 2.82. The first-order chi connectivity index (χ1) is 9.16. The van der Waals surface area contributed by atoms with Crippen LogP contribution in [0.1, 0.15) is 5.56 Å². The van der Waals surface area contributed by atoms with Gasteiger partial charge in [-0.15, -0.1) is 5.10 Å². The van der Waals surface area contributed by atoms with Gasteiger partial charge in [-0.2, -0.15) is 0 Å². The molecule has 0 bridgehead atoms. The van der Waals surface area contributed by atoms with Crippen LogP contribution in [0.2, 0.25) is 5.02 Å². The van der Waals surface area contributed by atoms with Crippen LogP contribution in [0.3, 0.4) is 0 Å². The summed E-state index contributed by atoms with van der Waals surface area (Å²) in [5.41, 5.74) is 8.42. The fourth-order valence-corrected chi connectivity index (χ4v) is 2.12. The molecule has 3 aromatic rings. The third kappa shape index (κ3) is 1.94. The number of benzene rings is 2. The molecule has 0 saturated heterocycles. The van der Waals surface area contributed by atoms with E-state index in [-0.39, 0.29) is 5.84 Å². The van der Waals surface area contributed by atoms with Crippen molar-refractivity contribution in [2.45, 2.75) is 0 Å². The lowest BCUT2D eigenvalue weighted by atomic mass is 10.1. The number of nitrogen functional groups attached to an aromatic ring is 1. The molecule has 0 saturated carbocycles. The number of hydrogen-bond acceptors (Lipinski definition) is 3. The predicted molar refractivity (Wildman–Crippen MR) is 74.9 cm³/mol. The van der Waals surface area contributed by atoms with Gasteiger partial charge in [-0.25, -0.2) is 4.68 Å². The quantitative estimate of drug-likeness (QED) is 0.554. The van der Waals surface area contributed by atoms with E-state index in [0.717, 1.165) is 11.0 Å². The molecule has 5 nitrogen and oxygen atoms in total. The van der Waals surface area contributed by atoms with Crippen LogP contribution >= 0.6 is 11.6 Å². The molecule has 19 heavy (non-hydrogen) atoms. The fraction of sp³-hybridized carbons (Fsp3) is 0. The molecule has 2 aromatic carbocycles. The first-order valence-electron chi connectivity index (χ1n) is 5.61. The summed E-state index contributed by atoms with van der Waals surface area (Å²) in [6.07, 6.45) is 0. The Labute approximate surface area is 114 Å². The van der Waals surface area contributed by atoms with Gasteiger partial charge in [-0.05, 0) is 30.3 Å². The van der Waals surface area contributed by atoms with Crippen LogP contribution in [0.15, 0.2) is 42.5 Å². The molecule has 0 aliphatic heterocycles. The Balaban J connectivity index is 2.32. The zero-order chi connectivity index (χ0) is 13.4. The number of halogens is 1. The molecule has 0 radical (unpaired) electrons. The van der Waals surface area contributed by atoms with E-state index in [2.05, 4.69) is 10.3 Å². The van der Waals surface area contributed by atoms with E-state index in [1.165, 1.54) is 0 Å². The standard InChI is InChI=1S/C13H10ClN5/c14-8-5-6-9(13(15)16)12(7-8)19-11-4-2-1-3-10(11)17-18-19/h1-7H,(H3,15,16). The highest BCUT2D eigenvalue weighted by atomic mass is 35.5. The first kappa shape index (κ1) is 11.7. The Morgan fingerprint density at radius 3 is 2.79 bits per heavy atom. The lowest BCUT2D eigenvalue weighted by Gasteiger charge is -2.09. The van der Waals surface area contributed by atoms with Gasteiger partial charge in [0, 0.05) is 10.6 Å². The molecular weight excluding hydrogens is 262 g/mol. The molecular formula is C13H10ClN5. The normalized spacial score (nSPS) is 10.8. The van der Waals surface area contributed by atoms with Gasteiger partial charge >= 0.3 is 0 Å². The molecule has 0 spiro atoms. The first-order valence-corrected chi connectivity index (χ1v) is 5.99. The van der Waals surface area contributed by atoms with Crippen molar-refractivity contribution in [2.24, 2.45) is 5.73 Å². The Morgan fingerprint density at radius 1 is 1.21 bits per heavy atom. The van der Waals surface area contributed by atoms with Crippen molar-refractivity contribution in [3.63, 3.8) is 0 Å². The van der Waals surface area contributed by atoms with Crippen LogP contribution in [0.4, 0.5) is 0 Å². The summed E-state index contributed by atoms with van der Waals surface area (Å²) in [6, 6.07) is 12.7. The van der Waals surface area contributed by atoms with E-state index >= 15 is 0 Å². The minimum absolute atomic E-state index is 0.0359. The number of fused-ring (bicyclic) bond motifs is 1. The Hall–Kier alpha value is -2.40. The number of para-hydroxylation sites is 1. The minimum Gasteiger partial charge on any atom is -0.384 e. The van der Waals surface area contributed by atoms with E-state index in [1.807, 2.05) is 24.3 Å². The Kier molecular flexibility index (Phi) is 2.68. The molecule has 0 unspecified atom stereocenters. The molecule has 0 aliphatic carbocycles. The van der Waals surface area contributed by atoms with Gasteiger partial charge in [0.2, 0.25) is 0 Å². The van der Waals surface area contributed by atoms with Crippen molar-refractivity contribution in [2.75, 3.05) is 0 Å². The number of hydrogen-bond donors (Lipinski definition) is 2. The summed E-state index contributed by atoms with van der Waals surface area (Å²) in [6.45, 7) is 0. The molecule has 0 amide bonds. The molecule has 1 heterocycles.